The molecule has 0 radical (unpaired) electrons. The summed E-state index contributed by atoms with van der Waals surface area (Å²) in [4.78, 5) is 39.4. The van der Waals surface area contributed by atoms with Gasteiger partial charge in [-0.2, -0.15) is 0 Å². The number of hydrogen-bond donors (Lipinski definition) is 1. The monoisotopic (exact) mass is 469 g/mol. The van der Waals surface area contributed by atoms with Crippen molar-refractivity contribution in [2.45, 2.75) is 63.8 Å². The lowest BCUT2D eigenvalue weighted by atomic mass is 10.0. The second-order valence-corrected chi connectivity index (χ2v) is 9.83. The van der Waals surface area contributed by atoms with Crippen LogP contribution in [0.25, 0.3) is 10.9 Å². The molecule has 2 fully saturated rings. The van der Waals surface area contributed by atoms with Crippen molar-refractivity contribution >= 4 is 28.4 Å². The summed E-state index contributed by atoms with van der Waals surface area (Å²) in [6, 6.07) is 5.40. The Kier molecular flexibility index (Phi) is 5.24. The lowest BCUT2D eigenvalue weighted by Gasteiger charge is -2.08. The normalized spacial score (nSPS) is 15.6. The Morgan fingerprint density at radius 3 is 2.69 bits per heavy atom. The van der Waals surface area contributed by atoms with Gasteiger partial charge in [0, 0.05) is 59.2 Å². The Morgan fingerprint density at radius 1 is 1.14 bits per heavy atom. The number of amides is 1. The number of pyridine rings is 2. The maximum atomic E-state index is 13.4. The van der Waals surface area contributed by atoms with E-state index in [0.717, 1.165) is 53.9 Å². The molecule has 1 amide bonds. The van der Waals surface area contributed by atoms with E-state index in [9.17, 15) is 9.59 Å². The molecule has 2 aliphatic rings. The molecule has 6 rings (SSSR count). The lowest BCUT2D eigenvalue weighted by Crippen LogP contribution is -2.17. The molecule has 0 unspecified atom stereocenters. The molecule has 0 spiro atoms. The van der Waals surface area contributed by atoms with E-state index in [-0.39, 0.29) is 24.2 Å². The van der Waals surface area contributed by atoms with Crippen molar-refractivity contribution in [2.75, 3.05) is 5.32 Å². The first-order chi connectivity index (χ1) is 17.0. The van der Waals surface area contributed by atoms with E-state index in [1.807, 2.05) is 12.3 Å². The number of aromatic nitrogens is 4. The van der Waals surface area contributed by atoms with Gasteiger partial charge in [0.15, 0.2) is 11.7 Å². The molecule has 2 saturated carbocycles. The van der Waals surface area contributed by atoms with Crippen molar-refractivity contribution in [3.05, 3.63) is 71.5 Å². The van der Waals surface area contributed by atoms with Crippen LogP contribution in [-0.2, 0) is 11.2 Å². The Hall–Kier alpha value is -3.81. The number of fused-ring (bicyclic) bond motifs is 1. The molecule has 0 aromatic carbocycles. The molecule has 1 N–H and O–H groups in total. The maximum absolute atomic E-state index is 13.4. The van der Waals surface area contributed by atoms with Gasteiger partial charge in [0.1, 0.15) is 11.6 Å². The van der Waals surface area contributed by atoms with Gasteiger partial charge >= 0.3 is 0 Å². The van der Waals surface area contributed by atoms with E-state index in [4.69, 9.17) is 4.42 Å². The Morgan fingerprint density at radius 2 is 1.94 bits per heavy atom. The van der Waals surface area contributed by atoms with E-state index in [1.54, 1.807) is 30.7 Å². The smallest absolute Gasteiger partial charge is 0.231 e. The van der Waals surface area contributed by atoms with Gasteiger partial charge in [0.05, 0.1) is 17.6 Å². The fraction of sp³-hybridized carbons (Fsp3) is 0.370. The second kappa shape index (κ2) is 8.45. The molecule has 35 heavy (non-hydrogen) atoms. The first kappa shape index (κ1) is 21.7. The minimum Gasteiger partial charge on any atom is -0.445 e. The minimum absolute atomic E-state index is 0.134. The van der Waals surface area contributed by atoms with Crippen LogP contribution in [0.4, 0.5) is 5.82 Å². The van der Waals surface area contributed by atoms with Crippen LogP contribution in [0.15, 0.2) is 47.4 Å². The van der Waals surface area contributed by atoms with Crippen LogP contribution in [0, 0.1) is 0 Å². The molecule has 0 atom stereocenters. The summed E-state index contributed by atoms with van der Waals surface area (Å²) in [6.45, 7) is 4.15. The summed E-state index contributed by atoms with van der Waals surface area (Å²) in [5, 5.41) is 3.64. The van der Waals surface area contributed by atoms with Crippen LogP contribution in [0.3, 0.4) is 0 Å². The summed E-state index contributed by atoms with van der Waals surface area (Å²) >= 11 is 0. The number of anilines is 1. The van der Waals surface area contributed by atoms with Crippen LogP contribution in [0.1, 0.15) is 90.7 Å². The Labute approximate surface area is 202 Å². The predicted molar refractivity (Wildman–Crippen MR) is 131 cm³/mol. The van der Waals surface area contributed by atoms with Gasteiger partial charge in [-0.25, -0.2) is 9.97 Å². The average molecular weight is 470 g/mol. The molecule has 2 aliphatic carbocycles. The van der Waals surface area contributed by atoms with Crippen LogP contribution in [0.2, 0.25) is 0 Å². The number of nitrogens with zero attached hydrogens (tertiary/aromatic N) is 4. The van der Waals surface area contributed by atoms with Crippen molar-refractivity contribution in [3.63, 3.8) is 0 Å². The minimum atomic E-state index is -0.222. The highest BCUT2D eigenvalue weighted by atomic mass is 16.4. The van der Waals surface area contributed by atoms with Crippen LogP contribution >= 0.6 is 0 Å². The number of oxazole rings is 1. The molecular weight excluding hydrogens is 442 g/mol. The molecule has 4 aromatic rings. The highest BCUT2D eigenvalue weighted by molar-refractivity contribution is 6.16. The van der Waals surface area contributed by atoms with Gasteiger partial charge in [0.2, 0.25) is 5.91 Å². The van der Waals surface area contributed by atoms with Crippen LogP contribution < -0.4 is 5.32 Å². The summed E-state index contributed by atoms with van der Waals surface area (Å²) in [7, 11) is 0. The van der Waals surface area contributed by atoms with Gasteiger partial charge in [-0.1, -0.05) is 0 Å². The van der Waals surface area contributed by atoms with Gasteiger partial charge in [-0.3, -0.25) is 14.6 Å². The van der Waals surface area contributed by atoms with E-state index in [2.05, 4.69) is 38.7 Å². The molecule has 8 heteroatoms. The largest absolute Gasteiger partial charge is 0.445 e. The maximum Gasteiger partial charge on any atom is 0.231 e. The quantitative estimate of drug-likeness (QED) is 0.357. The van der Waals surface area contributed by atoms with Crippen molar-refractivity contribution in [1.82, 2.24) is 19.5 Å². The first-order valence-electron chi connectivity index (χ1n) is 12.2. The molecule has 0 bridgehead atoms. The fourth-order valence-corrected chi connectivity index (χ4v) is 4.52. The topological polar surface area (TPSA) is 103 Å². The molecule has 4 aromatic heterocycles. The number of carbonyl (C=O) groups excluding carboxylic acids is 2. The van der Waals surface area contributed by atoms with Crippen LogP contribution in [-0.4, -0.2) is 31.2 Å². The predicted octanol–water partition coefficient (Wildman–Crippen LogP) is 5.17. The molecule has 178 valence electrons. The number of hydrogen-bond acceptors (Lipinski definition) is 6. The van der Waals surface area contributed by atoms with Gasteiger partial charge in [-0.15, -0.1) is 0 Å². The zero-order chi connectivity index (χ0) is 24.1. The average Bonchev–Trinajstić information content (AvgIpc) is 3.79. The van der Waals surface area contributed by atoms with E-state index in [1.165, 1.54) is 0 Å². The van der Waals surface area contributed by atoms with Crippen molar-refractivity contribution < 1.29 is 14.0 Å². The number of ketones is 1. The summed E-state index contributed by atoms with van der Waals surface area (Å²) in [5.74, 6) is 2.42. The van der Waals surface area contributed by atoms with Crippen LogP contribution in [0.5, 0.6) is 0 Å². The summed E-state index contributed by atoms with van der Waals surface area (Å²) in [5.41, 5.74) is 2.73. The third-order valence-electron chi connectivity index (χ3n) is 6.67. The Bertz CT molecular complexity index is 1440. The molecule has 4 heterocycles. The number of nitrogens with one attached hydrogen (secondary N) is 1. The molecule has 0 aliphatic heterocycles. The lowest BCUT2D eigenvalue weighted by molar-refractivity contribution is -0.115. The summed E-state index contributed by atoms with van der Waals surface area (Å²) in [6.07, 6.45) is 11.4. The highest BCUT2D eigenvalue weighted by Gasteiger charge is 2.36. The third-order valence-corrected chi connectivity index (χ3v) is 6.67. The second-order valence-electron chi connectivity index (χ2n) is 9.83. The van der Waals surface area contributed by atoms with Gasteiger partial charge in [0.25, 0.3) is 0 Å². The number of rotatable bonds is 8. The fourth-order valence-electron chi connectivity index (χ4n) is 4.52. The van der Waals surface area contributed by atoms with Crippen molar-refractivity contribution in [1.29, 1.82) is 0 Å². The van der Waals surface area contributed by atoms with Crippen molar-refractivity contribution in [3.8, 4) is 0 Å². The third kappa shape index (κ3) is 4.24. The van der Waals surface area contributed by atoms with E-state index in [0.29, 0.717) is 28.8 Å². The standard InChI is InChI=1S/C27H27N5O3/c1-15(2)32-14-20(19-13-28-9-8-22(19)32)25(34)18-7-10-29-23(11-18)31-24(33)12-21-26(16-3-4-16)35-27(30-21)17-5-6-17/h7-11,13-17H,3-6,12H2,1-2H3,(H,29,31,33). The molecule has 0 saturated heterocycles. The SMILES string of the molecule is CC(C)n1cc(C(=O)c2ccnc(NC(=O)Cc3nc(C4CC4)oc3C3CC3)c2)c2cnccc21. The molecule has 8 nitrogen and oxygen atoms in total. The van der Waals surface area contributed by atoms with Crippen molar-refractivity contribution in [2.24, 2.45) is 0 Å². The Balaban J connectivity index is 1.22. The highest BCUT2D eigenvalue weighted by Crippen LogP contribution is 2.46. The van der Waals surface area contributed by atoms with Gasteiger partial charge < -0.3 is 14.3 Å². The summed E-state index contributed by atoms with van der Waals surface area (Å²) < 4.78 is 8.08. The zero-order valence-corrected chi connectivity index (χ0v) is 19.8. The zero-order valence-electron chi connectivity index (χ0n) is 19.8. The first-order valence-corrected chi connectivity index (χ1v) is 12.2. The van der Waals surface area contributed by atoms with E-state index >= 15 is 0 Å². The number of carbonyl (C=O) groups is 2. The molecular formula is C27H27N5O3. The van der Waals surface area contributed by atoms with Gasteiger partial charge in [-0.05, 0) is 57.7 Å². The van der Waals surface area contributed by atoms with E-state index < -0.39 is 0 Å².